The highest BCUT2D eigenvalue weighted by molar-refractivity contribution is 5.80. The largest absolute Gasteiger partial charge is 0.348 e. The maximum atomic E-state index is 11.4. The summed E-state index contributed by atoms with van der Waals surface area (Å²) in [4.78, 5) is 13.0. The number of hydrogen-bond acceptors (Lipinski definition) is 1. The lowest BCUT2D eigenvalue weighted by molar-refractivity contribution is -0.131. The number of allylic oxidation sites excluding steroid dienone is 1. The van der Waals surface area contributed by atoms with Gasteiger partial charge in [0.25, 0.3) is 0 Å². The van der Waals surface area contributed by atoms with E-state index in [1.54, 1.807) is 19.0 Å². The molecule has 2 unspecified atom stereocenters. The van der Waals surface area contributed by atoms with Crippen LogP contribution >= 0.6 is 0 Å². The van der Waals surface area contributed by atoms with Crippen molar-refractivity contribution in [2.75, 3.05) is 14.1 Å². The van der Waals surface area contributed by atoms with Crippen LogP contribution in [0.25, 0.3) is 0 Å². The minimum Gasteiger partial charge on any atom is -0.348 e. The van der Waals surface area contributed by atoms with Gasteiger partial charge < -0.3 is 4.90 Å². The van der Waals surface area contributed by atoms with Crippen molar-refractivity contribution in [2.24, 2.45) is 11.8 Å². The summed E-state index contributed by atoms with van der Waals surface area (Å²) in [7, 11) is 3.61. The van der Waals surface area contributed by atoms with Crippen LogP contribution in [0.4, 0.5) is 0 Å². The molecule has 0 aliphatic heterocycles. The molecule has 2 nitrogen and oxygen atoms in total. The van der Waals surface area contributed by atoms with Crippen LogP contribution in [0.5, 0.6) is 0 Å². The topological polar surface area (TPSA) is 20.3 Å². The molecule has 0 aromatic rings. The molecule has 11 heavy (non-hydrogen) atoms. The molecular weight excluding hydrogens is 138 g/mol. The van der Waals surface area contributed by atoms with Crippen molar-refractivity contribution in [3.05, 3.63) is 12.2 Å². The average Bonchev–Trinajstić information content (AvgIpc) is 2.34. The minimum atomic E-state index is 0.139. The van der Waals surface area contributed by atoms with E-state index >= 15 is 0 Å². The molecule has 0 saturated carbocycles. The summed E-state index contributed by atoms with van der Waals surface area (Å²) in [5.41, 5.74) is 0. The Labute approximate surface area is 67.9 Å². The maximum Gasteiger partial charge on any atom is 0.228 e. The monoisotopic (exact) mass is 153 g/mol. The first-order valence-corrected chi connectivity index (χ1v) is 4.00. The minimum absolute atomic E-state index is 0.139. The first-order valence-electron chi connectivity index (χ1n) is 4.00. The second kappa shape index (κ2) is 3.07. The molecule has 0 aromatic heterocycles. The third-order valence-corrected chi connectivity index (χ3v) is 2.06. The molecule has 0 bridgehead atoms. The number of carbonyl (C=O) groups excluding carboxylic acids is 1. The summed E-state index contributed by atoms with van der Waals surface area (Å²) in [5.74, 6) is 0.939. The highest BCUT2D eigenvalue weighted by Gasteiger charge is 2.23. The fourth-order valence-electron chi connectivity index (χ4n) is 1.40. The van der Waals surface area contributed by atoms with E-state index in [0.29, 0.717) is 5.92 Å². The van der Waals surface area contributed by atoms with E-state index in [1.165, 1.54) is 0 Å². The standard InChI is InChI=1S/C9H15NO/c1-7-4-5-8(6-7)9(11)10(2)3/h4-5,7-8H,6H2,1-3H3. The summed E-state index contributed by atoms with van der Waals surface area (Å²) in [6.07, 6.45) is 5.12. The van der Waals surface area contributed by atoms with Gasteiger partial charge in [-0.15, -0.1) is 0 Å². The van der Waals surface area contributed by atoms with Gasteiger partial charge in [0.15, 0.2) is 0 Å². The summed E-state index contributed by atoms with van der Waals surface area (Å²) in [5, 5.41) is 0. The lowest BCUT2D eigenvalue weighted by Gasteiger charge is -2.14. The van der Waals surface area contributed by atoms with Crippen molar-refractivity contribution in [1.82, 2.24) is 4.90 Å². The van der Waals surface area contributed by atoms with Crippen LogP contribution in [0, 0.1) is 11.8 Å². The van der Waals surface area contributed by atoms with Crippen LogP contribution in [0.3, 0.4) is 0 Å². The predicted octanol–water partition coefficient (Wildman–Crippen LogP) is 1.29. The highest BCUT2D eigenvalue weighted by Crippen LogP contribution is 2.23. The van der Waals surface area contributed by atoms with Crippen LogP contribution in [0.2, 0.25) is 0 Å². The molecular formula is C9H15NO. The predicted molar refractivity (Wildman–Crippen MR) is 45.1 cm³/mol. The number of amides is 1. The lowest BCUT2D eigenvalue weighted by Crippen LogP contribution is -2.27. The summed E-state index contributed by atoms with van der Waals surface area (Å²) < 4.78 is 0. The van der Waals surface area contributed by atoms with Gasteiger partial charge in [-0.05, 0) is 12.3 Å². The molecule has 0 heterocycles. The van der Waals surface area contributed by atoms with Crippen LogP contribution in [-0.4, -0.2) is 24.9 Å². The van der Waals surface area contributed by atoms with Gasteiger partial charge in [-0.25, -0.2) is 0 Å². The number of rotatable bonds is 1. The second-order valence-corrected chi connectivity index (χ2v) is 3.44. The number of nitrogens with zero attached hydrogens (tertiary/aromatic N) is 1. The summed E-state index contributed by atoms with van der Waals surface area (Å²) >= 11 is 0. The van der Waals surface area contributed by atoms with Gasteiger partial charge in [0.05, 0.1) is 5.92 Å². The van der Waals surface area contributed by atoms with Crippen molar-refractivity contribution < 1.29 is 4.79 Å². The van der Waals surface area contributed by atoms with Gasteiger partial charge in [0.2, 0.25) is 5.91 Å². The van der Waals surface area contributed by atoms with Gasteiger partial charge in [-0.1, -0.05) is 19.1 Å². The molecule has 1 aliphatic rings. The van der Waals surface area contributed by atoms with Gasteiger partial charge >= 0.3 is 0 Å². The highest BCUT2D eigenvalue weighted by atomic mass is 16.2. The van der Waals surface area contributed by atoms with E-state index in [0.717, 1.165) is 6.42 Å². The van der Waals surface area contributed by atoms with E-state index in [1.807, 2.05) is 6.08 Å². The van der Waals surface area contributed by atoms with Crippen molar-refractivity contribution in [3.63, 3.8) is 0 Å². The van der Waals surface area contributed by atoms with Gasteiger partial charge in [-0.3, -0.25) is 4.79 Å². The van der Waals surface area contributed by atoms with E-state index in [9.17, 15) is 4.79 Å². The molecule has 0 N–H and O–H groups in total. The average molecular weight is 153 g/mol. The third-order valence-electron chi connectivity index (χ3n) is 2.06. The maximum absolute atomic E-state index is 11.4. The lowest BCUT2D eigenvalue weighted by atomic mass is 10.0. The molecule has 0 saturated heterocycles. The Morgan fingerprint density at radius 2 is 2.09 bits per heavy atom. The molecule has 2 atom stereocenters. The molecule has 62 valence electrons. The van der Waals surface area contributed by atoms with Gasteiger partial charge in [0, 0.05) is 14.1 Å². The van der Waals surface area contributed by atoms with Crippen molar-refractivity contribution in [3.8, 4) is 0 Å². The molecule has 1 aliphatic carbocycles. The fourth-order valence-corrected chi connectivity index (χ4v) is 1.40. The zero-order valence-electron chi connectivity index (χ0n) is 7.37. The van der Waals surface area contributed by atoms with Crippen molar-refractivity contribution in [1.29, 1.82) is 0 Å². The Morgan fingerprint density at radius 1 is 1.45 bits per heavy atom. The Hall–Kier alpha value is -0.790. The van der Waals surface area contributed by atoms with Crippen LogP contribution in [-0.2, 0) is 4.79 Å². The molecule has 0 aromatic carbocycles. The first kappa shape index (κ1) is 8.31. The zero-order chi connectivity index (χ0) is 8.43. The quantitative estimate of drug-likeness (QED) is 0.520. The van der Waals surface area contributed by atoms with E-state index < -0.39 is 0 Å². The van der Waals surface area contributed by atoms with Crippen LogP contribution in [0.15, 0.2) is 12.2 Å². The molecule has 2 heteroatoms. The van der Waals surface area contributed by atoms with E-state index in [4.69, 9.17) is 0 Å². The molecule has 1 rings (SSSR count). The molecule has 0 radical (unpaired) electrons. The van der Waals surface area contributed by atoms with E-state index in [-0.39, 0.29) is 11.8 Å². The normalized spacial score (nSPS) is 29.0. The Bertz CT molecular complexity index is 184. The zero-order valence-corrected chi connectivity index (χ0v) is 7.37. The van der Waals surface area contributed by atoms with Crippen LogP contribution in [0.1, 0.15) is 13.3 Å². The SMILES string of the molecule is CC1C=CC(C(=O)N(C)C)C1. The Kier molecular flexibility index (Phi) is 2.32. The van der Waals surface area contributed by atoms with Crippen molar-refractivity contribution >= 4 is 5.91 Å². The summed E-state index contributed by atoms with van der Waals surface area (Å²) in [6, 6.07) is 0. The van der Waals surface area contributed by atoms with Crippen LogP contribution < -0.4 is 0 Å². The Morgan fingerprint density at radius 3 is 2.45 bits per heavy atom. The smallest absolute Gasteiger partial charge is 0.228 e. The Balaban J connectivity index is 2.51. The number of hydrogen-bond donors (Lipinski definition) is 0. The van der Waals surface area contributed by atoms with Crippen molar-refractivity contribution in [2.45, 2.75) is 13.3 Å². The van der Waals surface area contributed by atoms with Gasteiger partial charge in [0.1, 0.15) is 0 Å². The fraction of sp³-hybridized carbons (Fsp3) is 0.667. The summed E-state index contributed by atoms with van der Waals surface area (Å²) in [6.45, 7) is 2.14. The number of carbonyl (C=O) groups is 1. The molecule has 0 spiro atoms. The first-order chi connectivity index (χ1) is 5.11. The van der Waals surface area contributed by atoms with E-state index in [2.05, 4.69) is 13.0 Å². The van der Waals surface area contributed by atoms with Gasteiger partial charge in [-0.2, -0.15) is 0 Å². The molecule has 0 fully saturated rings. The third kappa shape index (κ3) is 1.82. The second-order valence-electron chi connectivity index (χ2n) is 3.44. The molecule has 1 amide bonds.